The van der Waals surface area contributed by atoms with Gasteiger partial charge >= 0.3 is 5.97 Å². The summed E-state index contributed by atoms with van der Waals surface area (Å²) in [5.41, 5.74) is 0.440. The Labute approximate surface area is 80.6 Å². The Morgan fingerprint density at radius 1 is 1.36 bits per heavy atom. The number of phenols is 2. The minimum Gasteiger partial charge on any atom is -0.504 e. The van der Waals surface area contributed by atoms with Crippen molar-refractivity contribution in [2.75, 3.05) is 5.32 Å². The van der Waals surface area contributed by atoms with Crippen LogP contribution in [-0.2, 0) is 4.79 Å². The van der Waals surface area contributed by atoms with E-state index in [1.54, 1.807) is 0 Å². The van der Waals surface area contributed by atoms with Crippen molar-refractivity contribution < 1.29 is 20.1 Å². The lowest BCUT2D eigenvalue weighted by atomic mass is 10.2. The molecule has 1 aromatic carbocycles. The Morgan fingerprint density at radius 3 is 2.50 bits per heavy atom. The molecule has 5 nitrogen and oxygen atoms in total. The van der Waals surface area contributed by atoms with E-state index in [1.807, 2.05) is 0 Å². The number of phenolic OH excluding ortho intramolecular Hbond substituents is 2. The lowest BCUT2D eigenvalue weighted by Gasteiger charge is -2.10. The number of aliphatic carboxylic acids is 1. The lowest BCUT2D eigenvalue weighted by molar-refractivity contribution is -0.137. The van der Waals surface area contributed by atoms with E-state index >= 15 is 0 Å². The number of hydrogen-bond donors (Lipinski definition) is 4. The fourth-order valence-electron chi connectivity index (χ4n) is 0.925. The van der Waals surface area contributed by atoms with Crippen LogP contribution in [0.5, 0.6) is 11.5 Å². The largest absolute Gasteiger partial charge is 0.504 e. The van der Waals surface area contributed by atoms with Gasteiger partial charge in [0.2, 0.25) is 0 Å². The molecule has 0 spiro atoms. The smallest absolute Gasteiger partial charge is 0.325 e. The van der Waals surface area contributed by atoms with Crippen LogP contribution in [0.1, 0.15) is 6.92 Å². The molecule has 1 rings (SSSR count). The zero-order valence-corrected chi connectivity index (χ0v) is 7.56. The Balaban J connectivity index is 2.78. The van der Waals surface area contributed by atoms with Gasteiger partial charge in [-0.2, -0.15) is 0 Å². The average Bonchev–Trinajstić information content (AvgIpc) is 2.11. The SMILES string of the molecule is C[C@H](Nc1ccc(O)c(O)c1)C(=O)O. The van der Waals surface area contributed by atoms with Crippen molar-refractivity contribution in [3.05, 3.63) is 18.2 Å². The molecule has 4 N–H and O–H groups in total. The predicted molar refractivity (Wildman–Crippen MR) is 50.5 cm³/mol. The van der Waals surface area contributed by atoms with Gasteiger partial charge in [-0.1, -0.05) is 0 Å². The molecule has 0 amide bonds. The summed E-state index contributed by atoms with van der Waals surface area (Å²) in [6, 6.07) is 3.27. The number of benzene rings is 1. The third kappa shape index (κ3) is 2.29. The molecular weight excluding hydrogens is 186 g/mol. The van der Waals surface area contributed by atoms with Crippen LogP contribution in [0, 0.1) is 0 Å². The molecule has 0 aliphatic carbocycles. The average molecular weight is 197 g/mol. The van der Waals surface area contributed by atoms with Crippen LogP contribution in [0.2, 0.25) is 0 Å². The number of carbonyl (C=O) groups is 1. The maximum absolute atomic E-state index is 10.5. The van der Waals surface area contributed by atoms with Gasteiger partial charge in [-0.25, -0.2) is 0 Å². The minimum atomic E-state index is -0.988. The van der Waals surface area contributed by atoms with Crippen molar-refractivity contribution in [2.24, 2.45) is 0 Å². The maximum atomic E-state index is 10.5. The van der Waals surface area contributed by atoms with Gasteiger partial charge < -0.3 is 20.6 Å². The van der Waals surface area contributed by atoms with Crippen molar-refractivity contribution in [3.8, 4) is 11.5 Å². The van der Waals surface area contributed by atoms with Gasteiger partial charge in [-0.15, -0.1) is 0 Å². The first-order valence-electron chi connectivity index (χ1n) is 4.02. The molecule has 76 valence electrons. The Kier molecular flexibility index (Phi) is 2.81. The highest BCUT2D eigenvalue weighted by atomic mass is 16.4. The minimum absolute atomic E-state index is 0.237. The Bertz CT molecular complexity index is 351. The van der Waals surface area contributed by atoms with Gasteiger partial charge in [0.25, 0.3) is 0 Å². The highest BCUT2D eigenvalue weighted by Gasteiger charge is 2.10. The van der Waals surface area contributed by atoms with Crippen molar-refractivity contribution in [2.45, 2.75) is 13.0 Å². The Hall–Kier alpha value is -1.91. The second-order valence-electron chi connectivity index (χ2n) is 2.91. The first-order valence-corrected chi connectivity index (χ1v) is 4.02. The van der Waals surface area contributed by atoms with Crippen LogP contribution in [0.4, 0.5) is 5.69 Å². The summed E-state index contributed by atoms with van der Waals surface area (Å²) < 4.78 is 0. The molecule has 0 heterocycles. The van der Waals surface area contributed by atoms with E-state index in [9.17, 15) is 4.79 Å². The van der Waals surface area contributed by atoms with Crippen molar-refractivity contribution >= 4 is 11.7 Å². The number of carboxylic acids is 1. The molecule has 0 saturated heterocycles. The number of nitrogens with one attached hydrogen (secondary N) is 1. The summed E-state index contributed by atoms with van der Waals surface area (Å²) in [6.45, 7) is 1.48. The number of anilines is 1. The molecular formula is C9H11NO4. The third-order valence-corrected chi connectivity index (χ3v) is 1.73. The molecule has 0 unspecified atom stereocenters. The second kappa shape index (κ2) is 3.87. The number of aromatic hydroxyl groups is 2. The number of hydrogen-bond acceptors (Lipinski definition) is 4. The van der Waals surface area contributed by atoms with Crippen LogP contribution in [0.25, 0.3) is 0 Å². The standard InChI is InChI=1S/C9H11NO4/c1-5(9(13)14)10-6-2-3-7(11)8(12)4-6/h2-5,10-12H,1H3,(H,13,14)/t5-/m0/s1. The monoisotopic (exact) mass is 197 g/mol. The molecule has 0 fully saturated rings. The molecule has 0 saturated carbocycles. The molecule has 0 radical (unpaired) electrons. The first kappa shape index (κ1) is 10.2. The van der Waals surface area contributed by atoms with Crippen LogP contribution >= 0.6 is 0 Å². The van der Waals surface area contributed by atoms with Crippen LogP contribution in [0.15, 0.2) is 18.2 Å². The summed E-state index contributed by atoms with van der Waals surface area (Å²) in [4.78, 5) is 10.5. The van der Waals surface area contributed by atoms with Crippen molar-refractivity contribution in [1.82, 2.24) is 0 Å². The summed E-state index contributed by atoms with van der Waals surface area (Å²) in [6.07, 6.45) is 0. The van der Waals surface area contributed by atoms with Crippen LogP contribution < -0.4 is 5.32 Å². The summed E-state index contributed by atoms with van der Waals surface area (Å²) in [5, 5.41) is 29.3. The van der Waals surface area contributed by atoms with Crippen LogP contribution in [0.3, 0.4) is 0 Å². The van der Waals surface area contributed by atoms with E-state index in [4.69, 9.17) is 15.3 Å². The highest BCUT2D eigenvalue weighted by Crippen LogP contribution is 2.27. The highest BCUT2D eigenvalue weighted by molar-refractivity contribution is 5.77. The molecule has 0 aromatic heterocycles. The van der Waals surface area contributed by atoms with Crippen LogP contribution in [-0.4, -0.2) is 27.3 Å². The summed E-state index contributed by atoms with van der Waals surface area (Å²) in [7, 11) is 0. The maximum Gasteiger partial charge on any atom is 0.325 e. The third-order valence-electron chi connectivity index (χ3n) is 1.73. The predicted octanol–water partition coefficient (Wildman–Crippen LogP) is 0.983. The molecule has 5 heteroatoms. The van der Waals surface area contributed by atoms with Gasteiger partial charge in [0, 0.05) is 11.8 Å². The van der Waals surface area contributed by atoms with E-state index in [1.165, 1.54) is 25.1 Å². The summed E-state index contributed by atoms with van der Waals surface area (Å²) in [5.74, 6) is -1.51. The molecule has 14 heavy (non-hydrogen) atoms. The number of rotatable bonds is 3. The molecule has 1 atom stereocenters. The van der Waals surface area contributed by atoms with Crippen molar-refractivity contribution in [1.29, 1.82) is 0 Å². The van der Waals surface area contributed by atoms with Gasteiger partial charge in [0.1, 0.15) is 6.04 Å². The quantitative estimate of drug-likeness (QED) is 0.428. The van der Waals surface area contributed by atoms with E-state index in [0.717, 1.165) is 0 Å². The molecule has 0 aliphatic heterocycles. The van der Waals surface area contributed by atoms with Gasteiger partial charge in [-0.05, 0) is 19.1 Å². The van der Waals surface area contributed by atoms with Gasteiger partial charge in [-0.3, -0.25) is 4.79 Å². The zero-order chi connectivity index (χ0) is 10.7. The molecule has 1 aromatic rings. The van der Waals surface area contributed by atoms with Gasteiger partial charge in [0.15, 0.2) is 11.5 Å². The van der Waals surface area contributed by atoms with E-state index in [-0.39, 0.29) is 11.5 Å². The molecule has 0 aliphatic rings. The topological polar surface area (TPSA) is 89.8 Å². The Morgan fingerprint density at radius 2 is 2.00 bits per heavy atom. The normalized spacial score (nSPS) is 12.1. The number of carboxylic acid groups (broad SMARTS) is 1. The zero-order valence-electron chi connectivity index (χ0n) is 7.56. The fraction of sp³-hybridized carbons (Fsp3) is 0.222. The molecule has 0 bridgehead atoms. The second-order valence-corrected chi connectivity index (χ2v) is 2.91. The lowest BCUT2D eigenvalue weighted by Crippen LogP contribution is -2.25. The van der Waals surface area contributed by atoms with E-state index < -0.39 is 12.0 Å². The van der Waals surface area contributed by atoms with E-state index in [0.29, 0.717) is 5.69 Å². The van der Waals surface area contributed by atoms with Crippen molar-refractivity contribution in [3.63, 3.8) is 0 Å². The fourth-order valence-corrected chi connectivity index (χ4v) is 0.925. The van der Waals surface area contributed by atoms with Gasteiger partial charge in [0.05, 0.1) is 0 Å². The first-order chi connectivity index (χ1) is 6.50. The van der Waals surface area contributed by atoms with E-state index in [2.05, 4.69) is 5.32 Å². The summed E-state index contributed by atoms with van der Waals surface area (Å²) >= 11 is 0.